The number of nitrogens with one attached hydrogen (secondary N) is 1. The number of carbonyl (C=O) groups excluding carboxylic acids is 3. The summed E-state index contributed by atoms with van der Waals surface area (Å²) in [7, 11) is 3.24. The van der Waals surface area contributed by atoms with E-state index >= 15 is 0 Å². The van der Waals surface area contributed by atoms with Gasteiger partial charge in [-0.05, 0) is 29.6 Å². The van der Waals surface area contributed by atoms with Gasteiger partial charge in [0.1, 0.15) is 5.70 Å². The van der Waals surface area contributed by atoms with Crippen molar-refractivity contribution in [2.24, 2.45) is 0 Å². The van der Waals surface area contributed by atoms with Crippen LogP contribution < -0.4 is 10.1 Å². The van der Waals surface area contributed by atoms with Crippen LogP contribution in [0.15, 0.2) is 41.4 Å². The molecule has 31 heavy (non-hydrogen) atoms. The van der Waals surface area contributed by atoms with Gasteiger partial charge >= 0.3 is 24.1 Å². The van der Waals surface area contributed by atoms with E-state index in [9.17, 15) is 27.6 Å². The molecule has 0 radical (unpaired) electrons. The molecular weight excluding hydrogens is 443 g/mol. The molecule has 1 aromatic carbocycles. The molecule has 166 valence electrons. The third-order valence-electron chi connectivity index (χ3n) is 3.66. The molecule has 2 aromatic rings. The minimum Gasteiger partial charge on any atom is -0.466 e. The summed E-state index contributed by atoms with van der Waals surface area (Å²) < 4.78 is 58.8. The Kier molecular flexibility index (Phi) is 7.64. The van der Waals surface area contributed by atoms with E-state index in [1.165, 1.54) is 11.4 Å². The lowest BCUT2D eigenvalue weighted by molar-refractivity contribution is -0.138. The molecule has 0 bridgehead atoms. The zero-order chi connectivity index (χ0) is 23.2. The van der Waals surface area contributed by atoms with Crippen LogP contribution in [0.25, 0.3) is 0 Å². The van der Waals surface area contributed by atoms with E-state index in [4.69, 9.17) is 4.74 Å². The maximum atomic E-state index is 13.2. The molecule has 0 unspecified atom stereocenters. The number of esters is 3. The van der Waals surface area contributed by atoms with Gasteiger partial charge in [0.15, 0.2) is 16.4 Å². The Labute approximate surface area is 178 Å². The van der Waals surface area contributed by atoms with Gasteiger partial charge in [-0.25, -0.2) is 14.4 Å². The number of halogens is 3. The van der Waals surface area contributed by atoms with E-state index in [0.29, 0.717) is 12.1 Å². The Morgan fingerprint density at radius 2 is 1.71 bits per heavy atom. The highest BCUT2D eigenvalue weighted by molar-refractivity contribution is 7.12. The minimum atomic E-state index is -4.70. The van der Waals surface area contributed by atoms with Crippen LogP contribution in [0.1, 0.15) is 15.2 Å². The van der Waals surface area contributed by atoms with Gasteiger partial charge in [0.25, 0.3) is 0 Å². The molecule has 1 heterocycles. The summed E-state index contributed by atoms with van der Waals surface area (Å²) in [5.41, 5.74) is -1.88. The van der Waals surface area contributed by atoms with E-state index in [-0.39, 0.29) is 22.1 Å². The lowest BCUT2D eigenvalue weighted by atomic mass is 10.1. The first-order valence-electron chi connectivity index (χ1n) is 8.30. The van der Waals surface area contributed by atoms with Gasteiger partial charge in [-0.3, -0.25) is 0 Å². The Bertz CT molecular complexity index is 1010. The fraction of sp³-hybridized carbons (Fsp3) is 0.211. The Balaban J connectivity index is 2.54. The predicted molar refractivity (Wildman–Crippen MR) is 103 cm³/mol. The number of alkyl halides is 3. The van der Waals surface area contributed by atoms with Crippen LogP contribution in [0, 0.1) is 0 Å². The number of anilines is 1. The first kappa shape index (κ1) is 23.7. The molecule has 2 rings (SSSR count). The second-order valence-corrected chi connectivity index (χ2v) is 6.53. The lowest BCUT2D eigenvalue weighted by Gasteiger charge is -2.16. The van der Waals surface area contributed by atoms with Gasteiger partial charge in [-0.1, -0.05) is 0 Å². The van der Waals surface area contributed by atoms with Crippen LogP contribution >= 0.6 is 11.3 Å². The van der Waals surface area contributed by atoms with Crippen molar-refractivity contribution in [3.05, 3.63) is 51.9 Å². The molecule has 0 aliphatic rings. The van der Waals surface area contributed by atoms with E-state index in [0.717, 1.165) is 44.8 Å². The average Bonchev–Trinajstić information content (AvgIpc) is 3.20. The number of carbonyl (C=O) groups is 3. The maximum Gasteiger partial charge on any atom is 0.416 e. The molecular formula is C19H16F3NO7S. The zero-order valence-electron chi connectivity index (χ0n) is 16.4. The normalized spacial score (nSPS) is 11.5. The molecule has 0 atom stereocenters. The van der Waals surface area contributed by atoms with E-state index in [2.05, 4.69) is 19.5 Å². The monoisotopic (exact) mass is 459 g/mol. The summed E-state index contributed by atoms with van der Waals surface area (Å²) in [6.07, 6.45) is -3.99. The van der Waals surface area contributed by atoms with Crippen molar-refractivity contribution in [1.82, 2.24) is 0 Å². The first-order chi connectivity index (χ1) is 14.6. The van der Waals surface area contributed by atoms with E-state index in [1.54, 1.807) is 0 Å². The fourth-order valence-electron chi connectivity index (χ4n) is 2.21. The SMILES string of the molecule is COC(=O)/C=C(/Nc1cc(C(F)(F)F)ccc1Oc1ccsc1C(=O)OC)C(=O)OC. The number of hydrogen-bond acceptors (Lipinski definition) is 9. The molecule has 0 aliphatic heterocycles. The van der Waals surface area contributed by atoms with Crippen molar-refractivity contribution < 1.29 is 46.5 Å². The van der Waals surface area contributed by atoms with Crippen molar-refractivity contribution in [3.63, 3.8) is 0 Å². The Morgan fingerprint density at radius 3 is 2.29 bits per heavy atom. The van der Waals surface area contributed by atoms with Crippen molar-refractivity contribution in [1.29, 1.82) is 0 Å². The molecule has 0 aliphatic carbocycles. The van der Waals surface area contributed by atoms with Crippen molar-refractivity contribution >= 4 is 34.9 Å². The van der Waals surface area contributed by atoms with E-state index in [1.807, 2.05) is 0 Å². The smallest absolute Gasteiger partial charge is 0.416 e. The number of methoxy groups -OCH3 is 3. The van der Waals surface area contributed by atoms with Crippen LogP contribution in [0.5, 0.6) is 11.5 Å². The first-order valence-corrected chi connectivity index (χ1v) is 9.18. The van der Waals surface area contributed by atoms with Crippen LogP contribution in [0.3, 0.4) is 0 Å². The van der Waals surface area contributed by atoms with Gasteiger partial charge < -0.3 is 24.3 Å². The third-order valence-corrected chi connectivity index (χ3v) is 4.54. The molecule has 0 spiro atoms. The van der Waals surface area contributed by atoms with Crippen LogP contribution in [0.4, 0.5) is 18.9 Å². The van der Waals surface area contributed by atoms with E-state index < -0.39 is 35.3 Å². The molecule has 0 saturated heterocycles. The van der Waals surface area contributed by atoms with Gasteiger partial charge in [-0.2, -0.15) is 13.2 Å². The highest BCUT2D eigenvalue weighted by atomic mass is 32.1. The summed E-state index contributed by atoms with van der Waals surface area (Å²) >= 11 is 1.00. The Hall–Kier alpha value is -3.54. The maximum absolute atomic E-state index is 13.2. The largest absolute Gasteiger partial charge is 0.466 e. The number of thiophene rings is 1. The van der Waals surface area contributed by atoms with Crippen LogP contribution in [0.2, 0.25) is 0 Å². The summed E-state index contributed by atoms with van der Waals surface area (Å²) in [6.45, 7) is 0. The summed E-state index contributed by atoms with van der Waals surface area (Å²) in [5.74, 6) is -2.84. The number of ether oxygens (including phenoxy) is 4. The standard InChI is InChI=1S/C19H16F3NO7S/c1-27-15(24)9-12(17(25)28-2)23-11-8-10(19(20,21)22)4-5-13(11)30-14-6-7-31-16(14)18(26)29-3/h4-9,23H,1-3H3/b12-9+. The average molecular weight is 459 g/mol. The summed E-state index contributed by atoms with van der Waals surface area (Å²) in [5, 5.41) is 3.92. The van der Waals surface area contributed by atoms with Gasteiger partial charge in [0.05, 0.1) is 38.7 Å². The highest BCUT2D eigenvalue weighted by Crippen LogP contribution is 2.39. The molecule has 0 amide bonds. The van der Waals surface area contributed by atoms with Crippen LogP contribution in [-0.2, 0) is 30.0 Å². The van der Waals surface area contributed by atoms with Crippen molar-refractivity contribution in [2.75, 3.05) is 26.6 Å². The van der Waals surface area contributed by atoms with Gasteiger partial charge in [0, 0.05) is 0 Å². The summed E-state index contributed by atoms with van der Waals surface area (Å²) in [6, 6.07) is 3.85. The number of rotatable bonds is 7. The number of benzene rings is 1. The summed E-state index contributed by atoms with van der Waals surface area (Å²) in [4.78, 5) is 35.4. The molecule has 12 heteroatoms. The zero-order valence-corrected chi connectivity index (χ0v) is 17.2. The van der Waals surface area contributed by atoms with Gasteiger partial charge in [0.2, 0.25) is 0 Å². The Morgan fingerprint density at radius 1 is 1.00 bits per heavy atom. The van der Waals surface area contributed by atoms with Gasteiger partial charge in [-0.15, -0.1) is 11.3 Å². The quantitative estimate of drug-likeness (QED) is 0.377. The van der Waals surface area contributed by atoms with Crippen molar-refractivity contribution in [3.8, 4) is 11.5 Å². The third kappa shape index (κ3) is 5.98. The van der Waals surface area contributed by atoms with Crippen LogP contribution in [-0.4, -0.2) is 39.2 Å². The second kappa shape index (κ2) is 9.98. The lowest BCUT2D eigenvalue weighted by Crippen LogP contribution is -2.16. The van der Waals surface area contributed by atoms with Crippen molar-refractivity contribution in [2.45, 2.75) is 6.18 Å². The molecule has 0 fully saturated rings. The number of hydrogen-bond donors (Lipinski definition) is 1. The fourth-order valence-corrected chi connectivity index (χ4v) is 2.94. The second-order valence-electron chi connectivity index (χ2n) is 5.61. The topological polar surface area (TPSA) is 100 Å². The predicted octanol–water partition coefficient (Wildman–Crippen LogP) is 3.99. The minimum absolute atomic E-state index is 0.0243. The highest BCUT2D eigenvalue weighted by Gasteiger charge is 2.32. The molecule has 1 N–H and O–H groups in total. The molecule has 1 aromatic heterocycles. The molecule has 8 nitrogen and oxygen atoms in total. The molecule has 0 saturated carbocycles.